The number of aromatic nitrogens is 1. The van der Waals surface area contributed by atoms with E-state index in [1.54, 1.807) is 6.07 Å². The first-order chi connectivity index (χ1) is 8.56. The Kier molecular flexibility index (Phi) is 4.04. The molecule has 0 atom stereocenters. The van der Waals surface area contributed by atoms with E-state index in [9.17, 15) is 4.79 Å². The highest BCUT2D eigenvalue weighted by molar-refractivity contribution is 6.29. The van der Waals surface area contributed by atoms with Gasteiger partial charge in [-0.2, -0.15) is 0 Å². The molecule has 2 rings (SSSR count). The molecule has 5 nitrogen and oxygen atoms in total. The number of carbonyl (C=O) groups is 1. The number of anilines is 1. The van der Waals surface area contributed by atoms with Crippen LogP contribution in [0.4, 0.5) is 5.69 Å². The second kappa shape index (κ2) is 5.54. The SMILES string of the molecule is NC1CCC(Nc2cc(Cl)ncc2C(=O)O)CC1. The number of pyridine rings is 1. The first-order valence-corrected chi connectivity index (χ1v) is 6.35. The highest BCUT2D eigenvalue weighted by Gasteiger charge is 2.20. The van der Waals surface area contributed by atoms with Crippen LogP contribution in [-0.4, -0.2) is 28.1 Å². The van der Waals surface area contributed by atoms with Crippen LogP contribution < -0.4 is 11.1 Å². The van der Waals surface area contributed by atoms with E-state index >= 15 is 0 Å². The second-order valence-electron chi connectivity index (χ2n) is 4.61. The van der Waals surface area contributed by atoms with Crippen molar-refractivity contribution in [2.45, 2.75) is 37.8 Å². The van der Waals surface area contributed by atoms with Gasteiger partial charge in [0.25, 0.3) is 0 Å². The van der Waals surface area contributed by atoms with Crippen molar-refractivity contribution in [3.8, 4) is 0 Å². The summed E-state index contributed by atoms with van der Waals surface area (Å²) in [5, 5.41) is 12.6. The van der Waals surface area contributed by atoms with Crippen LogP contribution in [0, 0.1) is 0 Å². The van der Waals surface area contributed by atoms with Gasteiger partial charge in [-0.1, -0.05) is 11.6 Å². The van der Waals surface area contributed by atoms with Crippen LogP contribution in [0.15, 0.2) is 12.3 Å². The maximum atomic E-state index is 11.1. The molecule has 0 spiro atoms. The van der Waals surface area contributed by atoms with E-state index in [2.05, 4.69) is 10.3 Å². The summed E-state index contributed by atoms with van der Waals surface area (Å²) in [5.41, 5.74) is 6.52. The third kappa shape index (κ3) is 3.11. The number of carboxylic acid groups (broad SMARTS) is 1. The lowest BCUT2D eigenvalue weighted by Gasteiger charge is -2.28. The van der Waals surface area contributed by atoms with E-state index in [-0.39, 0.29) is 22.8 Å². The summed E-state index contributed by atoms with van der Waals surface area (Å²) in [6.07, 6.45) is 5.08. The lowest BCUT2D eigenvalue weighted by atomic mass is 9.91. The largest absolute Gasteiger partial charge is 0.478 e. The number of nitrogens with two attached hydrogens (primary N) is 1. The number of aromatic carboxylic acids is 1. The van der Waals surface area contributed by atoms with Gasteiger partial charge >= 0.3 is 5.97 Å². The van der Waals surface area contributed by atoms with Gasteiger partial charge in [0.15, 0.2) is 0 Å². The Morgan fingerprint density at radius 1 is 1.44 bits per heavy atom. The second-order valence-corrected chi connectivity index (χ2v) is 5.00. The average Bonchev–Trinajstić information content (AvgIpc) is 2.32. The third-order valence-corrected chi connectivity index (χ3v) is 3.44. The van der Waals surface area contributed by atoms with Crippen LogP contribution in [0.5, 0.6) is 0 Å². The van der Waals surface area contributed by atoms with Gasteiger partial charge in [-0.05, 0) is 31.7 Å². The Balaban J connectivity index is 2.12. The van der Waals surface area contributed by atoms with Gasteiger partial charge in [-0.15, -0.1) is 0 Å². The van der Waals surface area contributed by atoms with Crippen molar-refractivity contribution in [1.82, 2.24) is 4.98 Å². The smallest absolute Gasteiger partial charge is 0.339 e. The summed E-state index contributed by atoms with van der Waals surface area (Å²) < 4.78 is 0. The summed E-state index contributed by atoms with van der Waals surface area (Å²) in [4.78, 5) is 14.9. The predicted molar refractivity (Wildman–Crippen MR) is 70.1 cm³/mol. The predicted octanol–water partition coefficient (Wildman–Crippen LogP) is 2.11. The van der Waals surface area contributed by atoms with E-state index in [0.717, 1.165) is 25.7 Å². The highest BCUT2D eigenvalue weighted by atomic mass is 35.5. The topological polar surface area (TPSA) is 88.2 Å². The van der Waals surface area contributed by atoms with Gasteiger partial charge in [0.1, 0.15) is 10.7 Å². The molecule has 1 aromatic heterocycles. The molecule has 1 saturated carbocycles. The van der Waals surface area contributed by atoms with Crippen molar-refractivity contribution in [2.75, 3.05) is 5.32 Å². The number of hydrogen-bond acceptors (Lipinski definition) is 4. The molecular formula is C12H16ClN3O2. The van der Waals surface area contributed by atoms with Crippen LogP contribution in [0.25, 0.3) is 0 Å². The van der Waals surface area contributed by atoms with Crippen LogP contribution in [0.1, 0.15) is 36.0 Å². The maximum absolute atomic E-state index is 11.1. The molecule has 1 heterocycles. The summed E-state index contributed by atoms with van der Waals surface area (Å²) in [7, 11) is 0. The first-order valence-electron chi connectivity index (χ1n) is 5.97. The van der Waals surface area contributed by atoms with E-state index in [4.69, 9.17) is 22.4 Å². The lowest BCUT2D eigenvalue weighted by molar-refractivity contribution is 0.0697. The monoisotopic (exact) mass is 269 g/mol. The van der Waals surface area contributed by atoms with Gasteiger partial charge in [0, 0.05) is 18.3 Å². The van der Waals surface area contributed by atoms with Crippen molar-refractivity contribution in [2.24, 2.45) is 5.73 Å². The number of nitrogens with one attached hydrogen (secondary N) is 1. The van der Waals surface area contributed by atoms with Gasteiger partial charge in [0.2, 0.25) is 0 Å². The van der Waals surface area contributed by atoms with Crippen molar-refractivity contribution < 1.29 is 9.90 Å². The number of rotatable bonds is 3. The van der Waals surface area contributed by atoms with Gasteiger partial charge in [0.05, 0.1) is 5.69 Å². The van der Waals surface area contributed by atoms with E-state index < -0.39 is 5.97 Å². The van der Waals surface area contributed by atoms with E-state index in [1.165, 1.54) is 6.20 Å². The molecule has 0 radical (unpaired) electrons. The zero-order valence-corrected chi connectivity index (χ0v) is 10.7. The first kappa shape index (κ1) is 13.1. The molecule has 0 unspecified atom stereocenters. The van der Waals surface area contributed by atoms with Crippen LogP contribution in [0.3, 0.4) is 0 Å². The fourth-order valence-electron chi connectivity index (χ4n) is 2.20. The summed E-state index contributed by atoms with van der Waals surface area (Å²) in [6, 6.07) is 2.07. The molecular weight excluding hydrogens is 254 g/mol. The molecule has 0 bridgehead atoms. The fourth-order valence-corrected chi connectivity index (χ4v) is 2.36. The molecule has 0 amide bonds. The quantitative estimate of drug-likeness (QED) is 0.732. The minimum Gasteiger partial charge on any atom is -0.478 e. The van der Waals surface area contributed by atoms with Gasteiger partial charge in [-0.25, -0.2) is 9.78 Å². The third-order valence-electron chi connectivity index (χ3n) is 3.23. The number of hydrogen-bond donors (Lipinski definition) is 3. The minimum absolute atomic E-state index is 0.147. The van der Waals surface area contributed by atoms with Crippen LogP contribution in [0.2, 0.25) is 5.15 Å². The van der Waals surface area contributed by atoms with Crippen molar-refractivity contribution in [3.05, 3.63) is 23.0 Å². The number of halogens is 1. The summed E-state index contributed by atoms with van der Waals surface area (Å²) >= 11 is 5.80. The van der Waals surface area contributed by atoms with E-state index in [0.29, 0.717) is 5.69 Å². The average molecular weight is 270 g/mol. The Morgan fingerprint density at radius 3 is 2.72 bits per heavy atom. The molecule has 0 saturated heterocycles. The fraction of sp³-hybridized carbons (Fsp3) is 0.500. The van der Waals surface area contributed by atoms with Gasteiger partial charge < -0.3 is 16.2 Å². The molecule has 98 valence electrons. The van der Waals surface area contributed by atoms with Crippen molar-refractivity contribution in [1.29, 1.82) is 0 Å². The Labute approximate surface area is 110 Å². The zero-order valence-electron chi connectivity index (χ0n) is 9.90. The Morgan fingerprint density at radius 2 is 2.11 bits per heavy atom. The lowest BCUT2D eigenvalue weighted by Crippen LogP contribution is -2.33. The summed E-state index contributed by atoms with van der Waals surface area (Å²) in [5.74, 6) is -1.01. The van der Waals surface area contributed by atoms with Crippen molar-refractivity contribution >= 4 is 23.3 Å². The molecule has 1 aliphatic carbocycles. The number of nitrogens with zero attached hydrogens (tertiary/aromatic N) is 1. The van der Waals surface area contributed by atoms with Gasteiger partial charge in [-0.3, -0.25) is 0 Å². The normalized spacial score (nSPS) is 23.7. The number of carboxylic acids is 1. The molecule has 0 aliphatic heterocycles. The molecule has 18 heavy (non-hydrogen) atoms. The Bertz CT molecular complexity index is 445. The molecule has 0 aromatic carbocycles. The van der Waals surface area contributed by atoms with Crippen LogP contribution in [-0.2, 0) is 0 Å². The molecule has 6 heteroatoms. The Hall–Kier alpha value is -1.33. The molecule has 4 N–H and O–H groups in total. The zero-order chi connectivity index (χ0) is 13.1. The minimum atomic E-state index is -1.01. The highest BCUT2D eigenvalue weighted by Crippen LogP contribution is 2.25. The molecule has 1 aliphatic rings. The van der Waals surface area contributed by atoms with E-state index in [1.807, 2.05) is 0 Å². The molecule has 1 fully saturated rings. The van der Waals surface area contributed by atoms with Crippen LogP contribution >= 0.6 is 11.6 Å². The maximum Gasteiger partial charge on any atom is 0.339 e. The molecule has 1 aromatic rings. The standard InChI is InChI=1S/C12H16ClN3O2/c13-11-5-10(9(6-15-11)12(17)18)16-8-3-1-7(14)2-4-8/h5-8H,1-4,14H2,(H,15,16)(H,17,18). The van der Waals surface area contributed by atoms with Crippen molar-refractivity contribution in [3.63, 3.8) is 0 Å². The summed E-state index contributed by atoms with van der Waals surface area (Å²) in [6.45, 7) is 0.